The van der Waals surface area contributed by atoms with Crippen molar-refractivity contribution in [1.29, 1.82) is 0 Å². The van der Waals surface area contributed by atoms with Crippen LogP contribution in [0.4, 0.5) is 0 Å². The van der Waals surface area contributed by atoms with Crippen molar-refractivity contribution in [3.05, 3.63) is 69.3 Å². The lowest BCUT2D eigenvalue weighted by molar-refractivity contribution is 0.0693. The molecule has 0 fully saturated rings. The van der Waals surface area contributed by atoms with E-state index >= 15 is 0 Å². The van der Waals surface area contributed by atoms with Crippen molar-refractivity contribution in [2.45, 2.75) is 33.2 Å². The Balaban J connectivity index is 1.77. The van der Waals surface area contributed by atoms with E-state index in [1.54, 1.807) is 11.3 Å². The van der Waals surface area contributed by atoms with Gasteiger partial charge in [0.05, 0.1) is 5.69 Å². The summed E-state index contributed by atoms with van der Waals surface area (Å²) < 4.78 is 8.18. The molecule has 1 aliphatic rings. The highest BCUT2D eigenvalue weighted by Gasteiger charge is 2.36. The van der Waals surface area contributed by atoms with Crippen LogP contribution in [0.2, 0.25) is 0 Å². The maximum absolute atomic E-state index is 12.5. The molecule has 1 atom stereocenters. The van der Waals surface area contributed by atoms with Gasteiger partial charge in [0.1, 0.15) is 11.1 Å². The Morgan fingerprint density at radius 3 is 2.70 bits per heavy atom. The van der Waals surface area contributed by atoms with E-state index < -0.39 is 11.4 Å². The monoisotopic (exact) mass is 419 g/mol. The topological polar surface area (TPSA) is 72.4 Å². The molecule has 5 nitrogen and oxygen atoms in total. The molecule has 1 aromatic carbocycles. The number of aromatic nitrogens is 1. The highest BCUT2D eigenvalue weighted by atomic mass is 32.1. The summed E-state index contributed by atoms with van der Waals surface area (Å²) in [5.74, 6) is -0.554. The number of carboxylic acids is 1. The maximum Gasteiger partial charge on any atom is 0.341 e. The van der Waals surface area contributed by atoms with Gasteiger partial charge in [-0.1, -0.05) is 39.0 Å². The molecule has 4 aromatic rings. The third-order valence-electron chi connectivity index (χ3n) is 5.87. The maximum atomic E-state index is 12.5. The van der Waals surface area contributed by atoms with E-state index in [4.69, 9.17) is 4.42 Å². The zero-order valence-electron chi connectivity index (χ0n) is 16.9. The summed E-state index contributed by atoms with van der Waals surface area (Å²) >= 11 is 1.68. The summed E-state index contributed by atoms with van der Waals surface area (Å²) in [5, 5.41) is 12.5. The number of carboxylic acid groups (broad SMARTS) is 1. The number of pyridine rings is 1. The van der Waals surface area contributed by atoms with Gasteiger partial charge >= 0.3 is 5.97 Å². The molecule has 3 aromatic heterocycles. The van der Waals surface area contributed by atoms with Crippen LogP contribution in [0.25, 0.3) is 32.9 Å². The first-order chi connectivity index (χ1) is 14.2. The van der Waals surface area contributed by atoms with Gasteiger partial charge in [0.2, 0.25) is 0 Å². The van der Waals surface area contributed by atoms with Gasteiger partial charge in [0.15, 0.2) is 11.2 Å². The van der Waals surface area contributed by atoms with Crippen LogP contribution < -0.4 is 5.43 Å². The molecule has 0 radical (unpaired) electrons. The van der Waals surface area contributed by atoms with E-state index in [9.17, 15) is 14.7 Å². The average Bonchev–Trinajstić information content (AvgIpc) is 3.33. The van der Waals surface area contributed by atoms with Gasteiger partial charge in [-0.3, -0.25) is 4.79 Å². The minimum absolute atomic E-state index is 0.00327. The smallest absolute Gasteiger partial charge is 0.341 e. The van der Waals surface area contributed by atoms with E-state index in [1.165, 1.54) is 17.1 Å². The van der Waals surface area contributed by atoms with Crippen molar-refractivity contribution in [2.75, 3.05) is 0 Å². The Kier molecular flexibility index (Phi) is 4.05. The molecule has 1 aliphatic heterocycles. The van der Waals surface area contributed by atoms with Crippen molar-refractivity contribution in [3.8, 4) is 21.9 Å². The number of benzene rings is 1. The average molecular weight is 420 g/mol. The quantitative estimate of drug-likeness (QED) is 0.444. The van der Waals surface area contributed by atoms with Crippen LogP contribution in [0, 0.1) is 5.41 Å². The molecule has 6 heteroatoms. The fourth-order valence-electron chi connectivity index (χ4n) is 4.32. The molecule has 1 unspecified atom stereocenters. The van der Waals surface area contributed by atoms with Crippen LogP contribution in [0.3, 0.4) is 0 Å². The number of hydrogen-bond acceptors (Lipinski definition) is 4. The predicted molar refractivity (Wildman–Crippen MR) is 118 cm³/mol. The van der Waals surface area contributed by atoms with E-state index in [0.29, 0.717) is 17.9 Å². The molecule has 0 spiro atoms. The SMILES string of the molecule is CC(C)(C)C1Cc2c(oc3cc(-c4cccs4)ccc23)-c2cc(=O)c(C(=O)O)cn21. The number of carbonyl (C=O) groups is 1. The van der Waals surface area contributed by atoms with Crippen LogP contribution in [0.1, 0.15) is 42.7 Å². The van der Waals surface area contributed by atoms with Crippen LogP contribution in [0.15, 0.2) is 57.2 Å². The molecule has 152 valence electrons. The molecule has 0 bridgehead atoms. The third kappa shape index (κ3) is 2.82. The van der Waals surface area contributed by atoms with Crippen LogP contribution in [-0.4, -0.2) is 15.6 Å². The molecule has 1 N–H and O–H groups in total. The van der Waals surface area contributed by atoms with Crippen molar-refractivity contribution in [2.24, 2.45) is 5.41 Å². The second kappa shape index (κ2) is 6.44. The molecule has 5 rings (SSSR count). The molecule has 0 saturated heterocycles. The molecular weight excluding hydrogens is 398 g/mol. The fraction of sp³-hybridized carbons (Fsp3) is 0.250. The van der Waals surface area contributed by atoms with Crippen molar-refractivity contribution >= 4 is 28.3 Å². The van der Waals surface area contributed by atoms with Gasteiger partial charge in [-0.25, -0.2) is 4.79 Å². The highest BCUT2D eigenvalue weighted by Crippen LogP contribution is 2.46. The predicted octanol–water partition coefficient (Wildman–Crippen LogP) is 5.83. The Morgan fingerprint density at radius 1 is 1.23 bits per heavy atom. The van der Waals surface area contributed by atoms with Gasteiger partial charge in [-0.15, -0.1) is 11.3 Å². The standard InChI is InChI=1S/C24H21NO4S/c1-24(2,3)21-10-15-14-7-6-13(20-5-4-8-30-20)9-19(14)29-22(15)17-11-18(26)16(23(27)28)12-25(17)21/h4-9,11-12,21H,10H2,1-3H3,(H,27,28). The van der Waals surface area contributed by atoms with Gasteiger partial charge in [-0.2, -0.15) is 0 Å². The lowest BCUT2D eigenvalue weighted by Crippen LogP contribution is -2.32. The lowest BCUT2D eigenvalue weighted by atomic mass is 9.80. The van der Waals surface area contributed by atoms with E-state index in [2.05, 4.69) is 39.0 Å². The molecule has 0 amide bonds. The molecule has 4 heterocycles. The molecule has 30 heavy (non-hydrogen) atoms. The minimum Gasteiger partial charge on any atom is -0.477 e. The number of rotatable bonds is 2. The number of thiophene rings is 1. The molecule has 0 aliphatic carbocycles. The Morgan fingerprint density at radius 2 is 2.03 bits per heavy atom. The second-order valence-electron chi connectivity index (χ2n) is 8.83. The van der Waals surface area contributed by atoms with E-state index in [1.807, 2.05) is 22.1 Å². The van der Waals surface area contributed by atoms with Crippen LogP contribution >= 0.6 is 11.3 Å². The highest BCUT2D eigenvalue weighted by molar-refractivity contribution is 7.13. The molecule has 0 saturated carbocycles. The zero-order valence-corrected chi connectivity index (χ0v) is 17.7. The lowest BCUT2D eigenvalue weighted by Gasteiger charge is -2.37. The number of fused-ring (bicyclic) bond motifs is 5. The summed E-state index contributed by atoms with van der Waals surface area (Å²) in [4.78, 5) is 25.2. The van der Waals surface area contributed by atoms with Gasteiger partial charge in [0, 0.05) is 34.1 Å². The van der Waals surface area contributed by atoms with Crippen LogP contribution in [0.5, 0.6) is 0 Å². The Bertz CT molecular complexity index is 1350. The third-order valence-corrected chi connectivity index (χ3v) is 6.79. The van der Waals surface area contributed by atoms with Crippen molar-refractivity contribution in [1.82, 2.24) is 4.57 Å². The first-order valence-corrected chi connectivity index (χ1v) is 10.7. The van der Waals surface area contributed by atoms with Crippen LogP contribution in [-0.2, 0) is 6.42 Å². The second-order valence-corrected chi connectivity index (χ2v) is 9.78. The summed E-state index contributed by atoms with van der Waals surface area (Å²) in [7, 11) is 0. The van der Waals surface area contributed by atoms with Gasteiger partial charge in [0.25, 0.3) is 0 Å². The first kappa shape index (κ1) is 18.9. The first-order valence-electron chi connectivity index (χ1n) is 9.83. The zero-order chi connectivity index (χ0) is 21.2. The van der Waals surface area contributed by atoms with Crippen molar-refractivity contribution < 1.29 is 14.3 Å². The summed E-state index contributed by atoms with van der Waals surface area (Å²) in [6, 6.07) is 11.7. The van der Waals surface area contributed by atoms with E-state index in [-0.39, 0.29) is 17.0 Å². The number of hydrogen-bond donors (Lipinski definition) is 1. The summed E-state index contributed by atoms with van der Waals surface area (Å²) in [6.07, 6.45) is 2.18. The number of aromatic carboxylic acids is 1. The Labute approximate surface area is 177 Å². The van der Waals surface area contributed by atoms with Crippen molar-refractivity contribution in [3.63, 3.8) is 0 Å². The molecular formula is C24H21NO4S. The largest absolute Gasteiger partial charge is 0.477 e. The number of furan rings is 1. The minimum atomic E-state index is -1.21. The summed E-state index contributed by atoms with van der Waals surface area (Å²) in [6.45, 7) is 6.38. The van der Waals surface area contributed by atoms with Gasteiger partial charge < -0.3 is 14.1 Å². The fourth-order valence-corrected chi connectivity index (χ4v) is 5.04. The van der Waals surface area contributed by atoms with E-state index in [0.717, 1.165) is 22.1 Å². The number of nitrogens with zero attached hydrogens (tertiary/aromatic N) is 1. The normalized spacial score (nSPS) is 15.8. The van der Waals surface area contributed by atoms with Gasteiger partial charge in [-0.05, 0) is 34.9 Å². The Hall–Kier alpha value is -3.12. The summed E-state index contributed by atoms with van der Waals surface area (Å²) in [5.41, 5.74) is 2.72.